The van der Waals surface area contributed by atoms with Gasteiger partial charge in [0, 0.05) is 12.0 Å². The number of carbonyl (C=O) groups is 2. The molecule has 0 bridgehead atoms. The molecule has 0 unspecified atom stereocenters. The molecule has 0 aliphatic carbocycles. The monoisotopic (exact) mass is 256 g/mol. The lowest BCUT2D eigenvalue weighted by molar-refractivity contribution is -0.130. The smallest absolute Gasteiger partial charge is 0.237 e. The Kier molecular flexibility index (Phi) is 7.14. The second-order valence-electron chi connectivity index (χ2n) is 5.83. The Balaban J connectivity index is 4.56. The molecule has 106 valence electrons. The number of nitrogens with one attached hydrogen (secondary N) is 2. The molecule has 0 saturated carbocycles. The topological polar surface area (TPSA) is 58.2 Å². The van der Waals surface area contributed by atoms with Crippen molar-refractivity contribution in [2.45, 2.75) is 66.6 Å². The average molecular weight is 256 g/mol. The second-order valence-corrected chi connectivity index (χ2v) is 5.83. The van der Waals surface area contributed by atoms with Crippen molar-refractivity contribution < 1.29 is 9.59 Å². The Morgan fingerprint density at radius 2 is 1.39 bits per heavy atom. The molecular formula is C14H28N2O2. The molecule has 0 heterocycles. The summed E-state index contributed by atoms with van der Waals surface area (Å²) in [5.74, 6) is 0.0974. The van der Waals surface area contributed by atoms with Crippen molar-refractivity contribution in [3.05, 3.63) is 0 Å². The average Bonchev–Trinajstić information content (AvgIpc) is 2.23. The Labute approximate surface area is 111 Å². The van der Waals surface area contributed by atoms with Crippen LogP contribution in [-0.2, 0) is 9.59 Å². The molecule has 18 heavy (non-hydrogen) atoms. The highest BCUT2D eigenvalue weighted by molar-refractivity contribution is 5.91. The van der Waals surface area contributed by atoms with E-state index in [1.165, 1.54) is 0 Å². The van der Waals surface area contributed by atoms with Gasteiger partial charge in [0.15, 0.2) is 5.78 Å². The normalized spacial score (nSPS) is 15.0. The first-order valence-corrected chi connectivity index (χ1v) is 6.77. The van der Waals surface area contributed by atoms with Crippen LogP contribution in [-0.4, -0.2) is 29.8 Å². The Morgan fingerprint density at radius 1 is 0.889 bits per heavy atom. The lowest BCUT2D eigenvalue weighted by Crippen LogP contribution is -2.53. The van der Waals surface area contributed by atoms with E-state index in [1.54, 1.807) is 6.92 Å². The summed E-state index contributed by atoms with van der Waals surface area (Å²) in [5.41, 5.74) is 0. The van der Waals surface area contributed by atoms with Crippen LogP contribution in [0.5, 0.6) is 0 Å². The maximum absolute atomic E-state index is 12.1. The van der Waals surface area contributed by atoms with E-state index in [0.717, 1.165) is 0 Å². The standard InChI is InChI=1S/C14H28N2O2/c1-8(2)12(15-10(5)6)14(18)16-11(7)13(17)9(3)4/h8-12,15H,1-7H3,(H,16,18)/t11-,12+/m1/s1. The van der Waals surface area contributed by atoms with Gasteiger partial charge in [0.1, 0.15) is 0 Å². The molecule has 0 aliphatic heterocycles. The van der Waals surface area contributed by atoms with Gasteiger partial charge in [0.25, 0.3) is 0 Å². The Bertz CT molecular complexity index is 286. The third-order valence-electron chi connectivity index (χ3n) is 2.82. The molecule has 0 saturated heterocycles. The lowest BCUT2D eigenvalue weighted by Gasteiger charge is -2.26. The number of rotatable bonds is 7. The van der Waals surface area contributed by atoms with Crippen molar-refractivity contribution in [3.8, 4) is 0 Å². The van der Waals surface area contributed by atoms with Gasteiger partial charge in [-0.05, 0) is 12.8 Å². The second kappa shape index (κ2) is 7.52. The third-order valence-corrected chi connectivity index (χ3v) is 2.82. The zero-order chi connectivity index (χ0) is 14.5. The molecule has 2 N–H and O–H groups in total. The van der Waals surface area contributed by atoms with E-state index >= 15 is 0 Å². The highest BCUT2D eigenvalue weighted by atomic mass is 16.2. The van der Waals surface area contributed by atoms with Crippen molar-refractivity contribution in [2.24, 2.45) is 11.8 Å². The van der Waals surface area contributed by atoms with Crippen LogP contribution in [0, 0.1) is 11.8 Å². The minimum absolute atomic E-state index is 0.0594. The zero-order valence-corrected chi connectivity index (χ0v) is 12.7. The number of hydrogen-bond acceptors (Lipinski definition) is 3. The first-order chi connectivity index (χ1) is 8.16. The Hall–Kier alpha value is -0.900. The zero-order valence-electron chi connectivity index (χ0n) is 12.7. The van der Waals surface area contributed by atoms with Gasteiger partial charge in [-0.1, -0.05) is 41.5 Å². The van der Waals surface area contributed by atoms with Crippen LogP contribution in [0.3, 0.4) is 0 Å². The maximum Gasteiger partial charge on any atom is 0.237 e. The van der Waals surface area contributed by atoms with Gasteiger partial charge in [-0.15, -0.1) is 0 Å². The molecule has 4 nitrogen and oxygen atoms in total. The summed E-state index contributed by atoms with van der Waals surface area (Å²) in [5, 5.41) is 6.03. The van der Waals surface area contributed by atoms with Gasteiger partial charge >= 0.3 is 0 Å². The summed E-state index contributed by atoms with van der Waals surface area (Å²) >= 11 is 0. The highest BCUT2D eigenvalue weighted by Crippen LogP contribution is 2.05. The fraction of sp³-hybridized carbons (Fsp3) is 0.857. The van der Waals surface area contributed by atoms with Crippen molar-refractivity contribution in [1.82, 2.24) is 10.6 Å². The van der Waals surface area contributed by atoms with Gasteiger partial charge < -0.3 is 10.6 Å². The molecule has 4 heteroatoms. The molecule has 0 aromatic carbocycles. The molecule has 0 rings (SSSR count). The number of carbonyl (C=O) groups excluding carboxylic acids is 2. The fourth-order valence-electron chi connectivity index (χ4n) is 1.80. The SMILES string of the molecule is CC(C)N[C@H](C(=O)N[C@H](C)C(=O)C(C)C)C(C)C. The van der Waals surface area contributed by atoms with Gasteiger partial charge in [-0.2, -0.15) is 0 Å². The number of Topliss-reactive ketones (excluding diaryl/α,β-unsaturated/α-hetero) is 1. The molecule has 1 amide bonds. The van der Waals surface area contributed by atoms with E-state index in [2.05, 4.69) is 10.6 Å². The van der Waals surface area contributed by atoms with E-state index in [4.69, 9.17) is 0 Å². The molecule has 0 radical (unpaired) electrons. The van der Waals surface area contributed by atoms with Crippen LogP contribution >= 0.6 is 0 Å². The van der Waals surface area contributed by atoms with Gasteiger partial charge in [-0.3, -0.25) is 9.59 Å². The predicted octanol–water partition coefficient (Wildman–Crippen LogP) is 1.74. The van der Waals surface area contributed by atoms with Crippen LogP contribution in [0.2, 0.25) is 0 Å². The van der Waals surface area contributed by atoms with E-state index in [9.17, 15) is 9.59 Å². The van der Waals surface area contributed by atoms with Crippen molar-refractivity contribution in [2.75, 3.05) is 0 Å². The van der Waals surface area contributed by atoms with Gasteiger partial charge in [0.05, 0.1) is 12.1 Å². The molecule has 0 spiro atoms. The quantitative estimate of drug-likeness (QED) is 0.729. The van der Waals surface area contributed by atoms with Crippen molar-refractivity contribution in [3.63, 3.8) is 0 Å². The van der Waals surface area contributed by atoms with E-state index in [-0.39, 0.29) is 35.6 Å². The highest BCUT2D eigenvalue weighted by Gasteiger charge is 2.26. The van der Waals surface area contributed by atoms with Gasteiger partial charge in [0.2, 0.25) is 5.91 Å². The Morgan fingerprint density at radius 3 is 1.72 bits per heavy atom. The summed E-state index contributed by atoms with van der Waals surface area (Å²) < 4.78 is 0. The summed E-state index contributed by atoms with van der Waals surface area (Å²) in [6.07, 6.45) is 0. The van der Waals surface area contributed by atoms with Gasteiger partial charge in [-0.25, -0.2) is 0 Å². The van der Waals surface area contributed by atoms with Crippen molar-refractivity contribution in [1.29, 1.82) is 0 Å². The summed E-state index contributed by atoms with van der Waals surface area (Å²) in [4.78, 5) is 23.9. The van der Waals surface area contributed by atoms with Crippen LogP contribution < -0.4 is 10.6 Å². The van der Waals surface area contributed by atoms with Crippen LogP contribution in [0.15, 0.2) is 0 Å². The minimum atomic E-state index is -0.423. The van der Waals surface area contributed by atoms with Crippen LogP contribution in [0.1, 0.15) is 48.5 Å². The summed E-state index contributed by atoms with van der Waals surface area (Å²) in [7, 11) is 0. The molecule has 0 fully saturated rings. The molecule has 0 aromatic rings. The first kappa shape index (κ1) is 17.1. The largest absolute Gasteiger partial charge is 0.345 e. The first-order valence-electron chi connectivity index (χ1n) is 6.77. The van der Waals surface area contributed by atoms with Crippen molar-refractivity contribution >= 4 is 11.7 Å². The lowest BCUT2D eigenvalue weighted by atomic mass is 10.00. The fourth-order valence-corrected chi connectivity index (χ4v) is 1.80. The van der Waals surface area contributed by atoms with E-state index < -0.39 is 6.04 Å². The minimum Gasteiger partial charge on any atom is -0.345 e. The molecule has 2 atom stereocenters. The number of hydrogen-bond donors (Lipinski definition) is 2. The van der Waals surface area contributed by atoms with E-state index in [0.29, 0.717) is 0 Å². The van der Waals surface area contributed by atoms with E-state index in [1.807, 2.05) is 41.5 Å². The summed E-state index contributed by atoms with van der Waals surface area (Å²) in [6.45, 7) is 13.4. The van der Waals surface area contributed by atoms with Crippen LogP contribution in [0.25, 0.3) is 0 Å². The predicted molar refractivity (Wildman–Crippen MR) is 74.3 cm³/mol. The third kappa shape index (κ3) is 5.63. The molecular weight excluding hydrogens is 228 g/mol. The molecule has 0 aromatic heterocycles. The maximum atomic E-state index is 12.1. The number of amides is 1. The molecule has 0 aliphatic rings. The summed E-state index contributed by atoms with van der Waals surface area (Å²) in [6, 6.07) is -0.445. The number of ketones is 1. The van der Waals surface area contributed by atoms with Crippen LogP contribution in [0.4, 0.5) is 0 Å².